The van der Waals surface area contributed by atoms with Crippen LogP contribution in [-0.2, 0) is 13.6 Å². The Bertz CT molecular complexity index is 1540. The number of methoxy groups -OCH3 is 1. The van der Waals surface area contributed by atoms with E-state index in [1.807, 2.05) is 34.7 Å². The van der Waals surface area contributed by atoms with Crippen LogP contribution < -0.4 is 10.5 Å². The number of terminal acetylenes is 1. The average Bonchev–Trinajstić information content (AvgIpc) is 3.56. The molecule has 1 saturated carbocycles. The highest BCUT2D eigenvalue weighted by Crippen LogP contribution is 2.37. The Kier molecular flexibility index (Phi) is 5.45. The zero-order valence-corrected chi connectivity index (χ0v) is 20.7. The molecule has 2 aliphatic rings. The highest BCUT2D eigenvalue weighted by atomic mass is 16.5. The number of pyridine rings is 1. The molecular weight excluding hydrogens is 452 g/mol. The van der Waals surface area contributed by atoms with Crippen molar-refractivity contribution in [3.8, 4) is 29.6 Å². The molecule has 6 rings (SSSR count). The van der Waals surface area contributed by atoms with Crippen LogP contribution in [0.5, 0.6) is 5.75 Å². The third-order valence-electron chi connectivity index (χ3n) is 7.41. The van der Waals surface area contributed by atoms with E-state index in [-0.39, 0.29) is 11.9 Å². The number of nitrogens with zero attached hydrogens (tertiary/aromatic N) is 5. The molecule has 4 heterocycles. The smallest absolute Gasteiger partial charge is 0.254 e. The fraction of sp³-hybridized carbons (Fsp3) is 0.393. The van der Waals surface area contributed by atoms with Gasteiger partial charge in [0.1, 0.15) is 16.9 Å². The first-order valence-corrected chi connectivity index (χ1v) is 12.5. The van der Waals surface area contributed by atoms with Crippen LogP contribution in [0.15, 0.2) is 30.5 Å². The molecular formula is C28H30N6O2. The molecule has 0 unspecified atom stereocenters. The van der Waals surface area contributed by atoms with E-state index in [1.54, 1.807) is 13.3 Å². The lowest BCUT2D eigenvalue weighted by Crippen LogP contribution is -2.45. The third-order valence-corrected chi connectivity index (χ3v) is 7.41. The van der Waals surface area contributed by atoms with Crippen LogP contribution in [0.25, 0.3) is 33.6 Å². The lowest BCUT2D eigenvalue weighted by atomic mass is 10.0. The minimum Gasteiger partial charge on any atom is -0.494 e. The second-order valence-corrected chi connectivity index (χ2v) is 10.1. The third kappa shape index (κ3) is 3.80. The number of imidazole rings is 1. The summed E-state index contributed by atoms with van der Waals surface area (Å²) in [7, 11) is 3.61. The Hall–Kier alpha value is -3.83. The summed E-state index contributed by atoms with van der Waals surface area (Å²) >= 11 is 0. The second kappa shape index (κ2) is 8.68. The number of ether oxygens (including phenoxy) is 1. The normalized spacial score (nSPS) is 18.1. The number of carbonyl (C=O) groups excluding carboxylic acids is 1. The van der Waals surface area contributed by atoms with E-state index >= 15 is 0 Å². The van der Waals surface area contributed by atoms with Gasteiger partial charge in [-0.05, 0) is 55.9 Å². The number of carbonyl (C=O) groups is 1. The molecule has 2 fully saturated rings. The highest BCUT2D eigenvalue weighted by Gasteiger charge is 2.28. The maximum Gasteiger partial charge on any atom is 0.254 e. The van der Waals surface area contributed by atoms with Gasteiger partial charge in [-0.15, -0.1) is 6.42 Å². The van der Waals surface area contributed by atoms with Gasteiger partial charge >= 0.3 is 0 Å². The van der Waals surface area contributed by atoms with Crippen LogP contribution in [0.2, 0.25) is 0 Å². The minimum atomic E-state index is -0.0357. The maximum atomic E-state index is 13.3. The van der Waals surface area contributed by atoms with Crippen molar-refractivity contribution < 1.29 is 9.53 Å². The van der Waals surface area contributed by atoms with Gasteiger partial charge in [0.2, 0.25) is 0 Å². The Morgan fingerprint density at radius 3 is 2.81 bits per heavy atom. The molecule has 8 heteroatoms. The Morgan fingerprint density at radius 1 is 1.25 bits per heavy atom. The number of rotatable bonds is 5. The van der Waals surface area contributed by atoms with Crippen molar-refractivity contribution in [1.29, 1.82) is 0 Å². The zero-order valence-electron chi connectivity index (χ0n) is 20.7. The van der Waals surface area contributed by atoms with Crippen molar-refractivity contribution in [3.63, 3.8) is 0 Å². The molecule has 36 heavy (non-hydrogen) atoms. The van der Waals surface area contributed by atoms with Crippen LogP contribution in [-0.4, -0.2) is 56.2 Å². The summed E-state index contributed by atoms with van der Waals surface area (Å²) < 4.78 is 10.0. The van der Waals surface area contributed by atoms with E-state index in [2.05, 4.69) is 21.5 Å². The van der Waals surface area contributed by atoms with Crippen molar-refractivity contribution in [1.82, 2.24) is 24.0 Å². The second-order valence-electron chi connectivity index (χ2n) is 10.1. The SMILES string of the molecule is C#Cc1cnc2c(c1)cc(-c1nc3cc(C(=O)N4CCC[C@@H](N)C4)cc(OC)c3n1C)n2CC1CC1. The molecule has 3 aromatic heterocycles. The van der Waals surface area contributed by atoms with Gasteiger partial charge in [-0.1, -0.05) is 5.92 Å². The monoisotopic (exact) mass is 482 g/mol. The van der Waals surface area contributed by atoms with Crippen LogP contribution in [0.3, 0.4) is 0 Å². The van der Waals surface area contributed by atoms with Crippen LogP contribution in [0.4, 0.5) is 0 Å². The number of aromatic nitrogens is 4. The van der Waals surface area contributed by atoms with Crippen molar-refractivity contribution in [2.24, 2.45) is 18.7 Å². The quantitative estimate of drug-likeness (QED) is 0.439. The molecule has 0 radical (unpaired) electrons. The molecule has 0 spiro atoms. The summed E-state index contributed by atoms with van der Waals surface area (Å²) in [5.74, 6) is 4.72. The predicted molar refractivity (Wildman–Crippen MR) is 140 cm³/mol. The zero-order chi connectivity index (χ0) is 25.0. The van der Waals surface area contributed by atoms with Gasteiger partial charge in [0.05, 0.1) is 18.3 Å². The average molecular weight is 483 g/mol. The molecule has 184 valence electrons. The number of amides is 1. The van der Waals surface area contributed by atoms with E-state index < -0.39 is 0 Å². The molecule has 0 bridgehead atoms. The van der Waals surface area contributed by atoms with Gasteiger partial charge in [0.25, 0.3) is 5.91 Å². The largest absolute Gasteiger partial charge is 0.494 e. The summed E-state index contributed by atoms with van der Waals surface area (Å²) in [5, 5.41) is 0.998. The number of nitrogens with two attached hydrogens (primary N) is 1. The predicted octanol–water partition coefficient (Wildman–Crippen LogP) is 3.55. The van der Waals surface area contributed by atoms with E-state index in [0.29, 0.717) is 30.3 Å². The summed E-state index contributed by atoms with van der Waals surface area (Å²) in [6.45, 7) is 2.18. The van der Waals surface area contributed by atoms with Crippen molar-refractivity contribution >= 4 is 28.0 Å². The van der Waals surface area contributed by atoms with Gasteiger partial charge in [0.15, 0.2) is 5.82 Å². The first kappa shape index (κ1) is 22.6. The summed E-state index contributed by atoms with van der Waals surface area (Å²) in [6.07, 6.45) is 11.7. The first-order valence-electron chi connectivity index (χ1n) is 12.5. The molecule has 1 atom stereocenters. The number of hydrogen-bond acceptors (Lipinski definition) is 5. The molecule has 1 amide bonds. The van der Waals surface area contributed by atoms with E-state index in [1.165, 1.54) is 12.8 Å². The first-order chi connectivity index (χ1) is 17.5. The Balaban J connectivity index is 1.48. The summed E-state index contributed by atoms with van der Waals surface area (Å²) in [5.41, 5.74) is 10.9. The molecule has 1 aliphatic carbocycles. The Labute approximate surface area is 210 Å². The number of likely N-dealkylation sites (tertiary alicyclic amines) is 1. The molecule has 1 aromatic carbocycles. The van der Waals surface area contributed by atoms with Crippen molar-refractivity contribution in [2.75, 3.05) is 20.2 Å². The standard InChI is InChI=1S/C28H30N6O2/c1-4-17-10-19-12-23(34(15-18-7-8-18)26(19)30-14-17)27-31-22-11-20(13-24(36-3)25(22)32(27)2)28(35)33-9-5-6-21(29)16-33/h1,10-14,18,21H,5-9,15-16,29H2,2-3H3/t21-/m1/s1. The van der Waals surface area contributed by atoms with E-state index in [4.69, 9.17) is 21.9 Å². The molecule has 1 aliphatic heterocycles. The van der Waals surface area contributed by atoms with E-state index in [9.17, 15) is 4.79 Å². The number of benzene rings is 1. The number of piperidine rings is 1. The van der Waals surface area contributed by atoms with Gasteiger partial charge in [-0.3, -0.25) is 4.79 Å². The highest BCUT2D eigenvalue weighted by molar-refractivity contribution is 6.00. The lowest BCUT2D eigenvalue weighted by Gasteiger charge is -2.30. The van der Waals surface area contributed by atoms with E-state index in [0.717, 1.165) is 58.5 Å². The fourth-order valence-electron chi connectivity index (χ4n) is 5.35. The number of aryl methyl sites for hydroxylation is 1. The van der Waals surface area contributed by atoms with Gasteiger partial charge in [0, 0.05) is 55.4 Å². The van der Waals surface area contributed by atoms with Gasteiger partial charge < -0.3 is 24.5 Å². The van der Waals surface area contributed by atoms with Crippen molar-refractivity contribution in [2.45, 2.75) is 38.3 Å². The lowest BCUT2D eigenvalue weighted by molar-refractivity contribution is 0.0708. The van der Waals surface area contributed by atoms with Crippen LogP contribution in [0, 0.1) is 18.3 Å². The summed E-state index contributed by atoms with van der Waals surface area (Å²) in [6, 6.07) is 7.81. The maximum absolute atomic E-state index is 13.3. The Morgan fingerprint density at radius 2 is 2.08 bits per heavy atom. The van der Waals surface area contributed by atoms with Crippen LogP contribution >= 0.6 is 0 Å². The molecule has 4 aromatic rings. The molecule has 8 nitrogen and oxygen atoms in total. The minimum absolute atomic E-state index is 0.0202. The van der Waals surface area contributed by atoms with Gasteiger partial charge in [-0.2, -0.15) is 0 Å². The van der Waals surface area contributed by atoms with Crippen molar-refractivity contribution in [3.05, 3.63) is 41.6 Å². The van der Waals surface area contributed by atoms with Gasteiger partial charge in [-0.25, -0.2) is 9.97 Å². The summed E-state index contributed by atoms with van der Waals surface area (Å²) in [4.78, 5) is 24.9. The van der Waals surface area contributed by atoms with Crippen LogP contribution in [0.1, 0.15) is 41.6 Å². The fourth-order valence-corrected chi connectivity index (χ4v) is 5.35. The molecule has 1 saturated heterocycles. The molecule has 2 N–H and O–H groups in total. The number of fused-ring (bicyclic) bond motifs is 2. The number of hydrogen-bond donors (Lipinski definition) is 1. The topological polar surface area (TPSA) is 91.2 Å².